The number of aryl methyl sites for hydroxylation is 1. The molecule has 0 bridgehead atoms. The van der Waals surface area contributed by atoms with Gasteiger partial charge in [-0.3, -0.25) is 4.79 Å². The third-order valence-corrected chi connectivity index (χ3v) is 2.66. The van der Waals surface area contributed by atoms with Crippen LogP contribution >= 0.6 is 0 Å². The normalized spacial score (nSPS) is 10.6. The van der Waals surface area contributed by atoms with Gasteiger partial charge in [-0.25, -0.2) is 0 Å². The third-order valence-electron chi connectivity index (χ3n) is 2.66. The number of hydrogen-bond acceptors (Lipinski definition) is 5. The summed E-state index contributed by atoms with van der Waals surface area (Å²) < 4.78 is 6.48. The number of nitrogens with two attached hydrogens (primary N) is 1. The first kappa shape index (κ1) is 13.1. The van der Waals surface area contributed by atoms with Crippen molar-refractivity contribution in [1.82, 2.24) is 20.0 Å². The molecule has 102 valence electrons. The molecule has 0 aliphatic carbocycles. The molecule has 2 aromatic heterocycles. The van der Waals surface area contributed by atoms with E-state index in [-0.39, 0.29) is 5.91 Å². The minimum atomic E-state index is -0.145. The van der Waals surface area contributed by atoms with Crippen LogP contribution in [0.4, 0.5) is 5.69 Å². The zero-order chi connectivity index (χ0) is 13.7. The van der Waals surface area contributed by atoms with Crippen molar-refractivity contribution in [2.45, 2.75) is 26.3 Å². The molecule has 7 heteroatoms. The Balaban J connectivity index is 1.92. The van der Waals surface area contributed by atoms with E-state index in [4.69, 9.17) is 5.73 Å². The van der Waals surface area contributed by atoms with Crippen molar-refractivity contribution >= 4 is 11.6 Å². The molecule has 3 N–H and O–H groups in total. The van der Waals surface area contributed by atoms with Crippen molar-refractivity contribution in [3.05, 3.63) is 30.2 Å². The van der Waals surface area contributed by atoms with Gasteiger partial charge in [-0.05, 0) is 12.5 Å². The van der Waals surface area contributed by atoms with Gasteiger partial charge in [0.15, 0.2) is 5.82 Å². The molecule has 0 aliphatic heterocycles. The third kappa shape index (κ3) is 3.34. The summed E-state index contributed by atoms with van der Waals surface area (Å²) in [6.07, 6.45) is 4.52. The molecule has 1 amide bonds. The summed E-state index contributed by atoms with van der Waals surface area (Å²) in [5.41, 5.74) is 6.89. The van der Waals surface area contributed by atoms with Gasteiger partial charge in [0.05, 0.1) is 5.69 Å². The second-order valence-corrected chi connectivity index (χ2v) is 4.21. The van der Waals surface area contributed by atoms with E-state index in [1.807, 2.05) is 11.5 Å². The monoisotopic (exact) mass is 263 g/mol. The van der Waals surface area contributed by atoms with Crippen molar-refractivity contribution < 1.29 is 9.32 Å². The van der Waals surface area contributed by atoms with Gasteiger partial charge in [-0.1, -0.05) is 12.1 Å². The van der Waals surface area contributed by atoms with Crippen molar-refractivity contribution in [1.29, 1.82) is 0 Å². The summed E-state index contributed by atoms with van der Waals surface area (Å²) in [7, 11) is 0. The second-order valence-electron chi connectivity index (χ2n) is 4.21. The van der Waals surface area contributed by atoms with Crippen LogP contribution in [0.2, 0.25) is 0 Å². The maximum atomic E-state index is 12.0. The number of nitrogens with zero attached hydrogens (tertiary/aromatic N) is 3. The van der Waals surface area contributed by atoms with E-state index in [0.717, 1.165) is 13.0 Å². The quantitative estimate of drug-likeness (QED) is 0.804. The molecule has 0 saturated heterocycles. The lowest BCUT2D eigenvalue weighted by Gasteiger charge is -2.07. The van der Waals surface area contributed by atoms with Crippen LogP contribution in [0, 0.1) is 0 Å². The molecular weight excluding hydrogens is 246 g/mol. The number of carbonyl (C=O) groups excluding carboxylic acids is 1. The van der Waals surface area contributed by atoms with E-state index in [9.17, 15) is 4.79 Å². The van der Waals surface area contributed by atoms with E-state index >= 15 is 0 Å². The first-order chi connectivity index (χ1) is 9.20. The molecule has 0 atom stereocenters. The standard InChI is InChI=1S/C12H17N5O2/c1-2-5-17-7-9(13)6-10(17)12(18)14-4-3-11-15-8-19-16-11/h6-8H,2-5,13H2,1H3,(H,14,18). The molecule has 19 heavy (non-hydrogen) atoms. The highest BCUT2D eigenvalue weighted by molar-refractivity contribution is 5.93. The molecule has 0 aliphatic rings. The summed E-state index contributed by atoms with van der Waals surface area (Å²) in [5.74, 6) is 0.428. The van der Waals surface area contributed by atoms with Gasteiger partial charge >= 0.3 is 0 Å². The fourth-order valence-corrected chi connectivity index (χ4v) is 1.83. The molecule has 0 spiro atoms. The summed E-state index contributed by atoms with van der Waals surface area (Å²) in [6.45, 7) is 3.27. The Morgan fingerprint density at radius 3 is 3.11 bits per heavy atom. The van der Waals surface area contributed by atoms with Gasteiger partial charge in [0, 0.05) is 25.7 Å². The van der Waals surface area contributed by atoms with Crippen molar-refractivity contribution in [3.8, 4) is 0 Å². The number of aromatic nitrogens is 3. The lowest BCUT2D eigenvalue weighted by molar-refractivity contribution is 0.0944. The predicted octanol–water partition coefficient (Wildman–Crippen LogP) is 0.836. The molecule has 0 unspecified atom stereocenters. The maximum absolute atomic E-state index is 12.0. The van der Waals surface area contributed by atoms with Crippen LogP contribution in [0.25, 0.3) is 0 Å². The topological polar surface area (TPSA) is 99.0 Å². The zero-order valence-corrected chi connectivity index (χ0v) is 10.8. The van der Waals surface area contributed by atoms with Gasteiger partial charge in [0.2, 0.25) is 6.39 Å². The van der Waals surface area contributed by atoms with Crippen molar-refractivity contribution in [2.24, 2.45) is 0 Å². The SMILES string of the molecule is CCCn1cc(N)cc1C(=O)NCCc1ncon1. The van der Waals surface area contributed by atoms with Gasteiger partial charge in [0.25, 0.3) is 5.91 Å². The fraction of sp³-hybridized carbons (Fsp3) is 0.417. The number of nitrogen functional groups attached to an aromatic ring is 1. The molecule has 0 saturated carbocycles. The highest BCUT2D eigenvalue weighted by Gasteiger charge is 2.12. The highest BCUT2D eigenvalue weighted by Crippen LogP contribution is 2.11. The Morgan fingerprint density at radius 1 is 1.58 bits per heavy atom. The van der Waals surface area contributed by atoms with E-state index in [0.29, 0.717) is 30.2 Å². The van der Waals surface area contributed by atoms with Crippen LogP contribution in [0.3, 0.4) is 0 Å². The Kier molecular flexibility index (Phi) is 4.17. The first-order valence-electron chi connectivity index (χ1n) is 6.19. The number of nitrogens with one attached hydrogen (secondary N) is 1. The van der Waals surface area contributed by atoms with Crippen LogP contribution in [0.15, 0.2) is 23.2 Å². The first-order valence-corrected chi connectivity index (χ1v) is 6.19. The van der Waals surface area contributed by atoms with Gasteiger partial charge in [-0.15, -0.1) is 0 Å². The van der Waals surface area contributed by atoms with Crippen LogP contribution in [-0.2, 0) is 13.0 Å². The number of amides is 1. The lowest BCUT2D eigenvalue weighted by Crippen LogP contribution is -2.28. The zero-order valence-electron chi connectivity index (χ0n) is 10.8. The Hall–Kier alpha value is -2.31. The average Bonchev–Trinajstić information content (AvgIpc) is 2.99. The second kappa shape index (κ2) is 6.03. The average molecular weight is 263 g/mol. The molecule has 7 nitrogen and oxygen atoms in total. The molecule has 0 fully saturated rings. The van der Waals surface area contributed by atoms with Crippen molar-refractivity contribution in [2.75, 3.05) is 12.3 Å². The highest BCUT2D eigenvalue weighted by atomic mass is 16.5. The summed E-state index contributed by atoms with van der Waals surface area (Å²) in [6, 6.07) is 1.68. The molecule has 0 radical (unpaired) electrons. The van der Waals surface area contributed by atoms with Crippen LogP contribution in [0.5, 0.6) is 0 Å². The van der Waals surface area contributed by atoms with E-state index in [2.05, 4.69) is 20.0 Å². The smallest absolute Gasteiger partial charge is 0.267 e. The summed E-state index contributed by atoms with van der Waals surface area (Å²) >= 11 is 0. The number of anilines is 1. The predicted molar refractivity (Wildman–Crippen MR) is 69.5 cm³/mol. The minimum Gasteiger partial charge on any atom is -0.397 e. The number of hydrogen-bond donors (Lipinski definition) is 2. The largest absolute Gasteiger partial charge is 0.397 e. The Labute approximate surface area is 110 Å². The van der Waals surface area contributed by atoms with Gasteiger partial charge < -0.3 is 20.1 Å². The molecular formula is C12H17N5O2. The number of rotatable bonds is 6. The minimum absolute atomic E-state index is 0.145. The van der Waals surface area contributed by atoms with E-state index in [1.165, 1.54) is 6.39 Å². The fourth-order valence-electron chi connectivity index (χ4n) is 1.83. The van der Waals surface area contributed by atoms with Crippen LogP contribution in [0.1, 0.15) is 29.7 Å². The Bertz CT molecular complexity index is 532. The summed E-state index contributed by atoms with van der Waals surface area (Å²) in [4.78, 5) is 15.9. The van der Waals surface area contributed by atoms with Gasteiger partial charge in [-0.2, -0.15) is 4.98 Å². The van der Waals surface area contributed by atoms with Crippen LogP contribution in [-0.4, -0.2) is 27.2 Å². The van der Waals surface area contributed by atoms with E-state index in [1.54, 1.807) is 12.3 Å². The molecule has 2 aromatic rings. The van der Waals surface area contributed by atoms with Crippen LogP contribution < -0.4 is 11.1 Å². The Morgan fingerprint density at radius 2 is 2.42 bits per heavy atom. The maximum Gasteiger partial charge on any atom is 0.267 e. The van der Waals surface area contributed by atoms with Crippen molar-refractivity contribution in [3.63, 3.8) is 0 Å². The lowest BCUT2D eigenvalue weighted by atomic mass is 10.3. The summed E-state index contributed by atoms with van der Waals surface area (Å²) in [5, 5.41) is 6.49. The molecule has 2 rings (SSSR count). The molecule has 0 aromatic carbocycles. The number of carbonyl (C=O) groups is 1. The molecule has 2 heterocycles. The van der Waals surface area contributed by atoms with E-state index < -0.39 is 0 Å². The van der Waals surface area contributed by atoms with Gasteiger partial charge in [0.1, 0.15) is 5.69 Å².